The number of esters is 1. The monoisotopic (exact) mass is 160 g/mol. The molecule has 0 unspecified atom stereocenters. The van der Waals surface area contributed by atoms with Crippen LogP contribution in [-0.2, 0) is 9.53 Å². The fourth-order valence-corrected chi connectivity index (χ4v) is 0.728. The summed E-state index contributed by atoms with van der Waals surface area (Å²) in [5.74, 6) is -0.156. The second-order valence-corrected chi connectivity index (χ2v) is 2.83. The molecule has 0 saturated heterocycles. The van der Waals surface area contributed by atoms with Crippen molar-refractivity contribution in [3.63, 3.8) is 0 Å². The lowest BCUT2D eigenvalue weighted by molar-refractivity contribution is -0.140. The molecule has 0 saturated carbocycles. The van der Waals surface area contributed by atoms with Crippen molar-refractivity contribution in [3.8, 4) is 0 Å². The first-order valence-electron chi connectivity index (χ1n) is 3.23. The Balaban J connectivity index is 3.20. The van der Waals surface area contributed by atoms with E-state index in [4.69, 9.17) is 12.2 Å². The van der Waals surface area contributed by atoms with Gasteiger partial charge in [-0.05, 0) is 24.6 Å². The van der Waals surface area contributed by atoms with Crippen LogP contribution in [0.1, 0.15) is 26.2 Å². The van der Waals surface area contributed by atoms with Gasteiger partial charge in [0.1, 0.15) is 0 Å². The number of thiocarbonyl (C=S) groups is 1. The van der Waals surface area contributed by atoms with Crippen LogP contribution in [0.4, 0.5) is 0 Å². The number of rotatable bonds is 4. The van der Waals surface area contributed by atoms with Gasteiger partial charge in [0.25, 0.3) is 0 Å². The van der Waals surface area contributed by atoms with E-state index in [9.17, 15) is 4.79 Å². The van der Waals surface area contributed by atoms with Gasteiger partial charge in [-0.1, -0.05) is 12.2 Å². The number of hydrogen-bond acceptors (Lipinski definition) is 3. The maximum absolute atomic E-state index is 10.5. The van der Waals surface area contributed by atoms with E-state index in [2.05, 4.69) is 4.74 Å². The second kappa shape index (κ2) is 5.35. The molecule has 0 atom stereocenters. The highest BCUT2D eigenvalue weighted by atomic mass is 32.1. The van der Waals surface area contributed by atoms with E-state index in [1.54, 1.807) is 0 Å². The zero-order valence-corrected chi connectivity index (χ0v) is 7.16. The van der Waals surface area contributed by atoms with Gasteiger partial charge in [0.15, 0.2) is 0 Å². The van der Waals surface area contributed by atoms with E-state index in [0.29, 0.717) is 6.42 Å². The van der Waals surface area contributed by atoms with Crippen LogP contribution in [0.2, 0.25) is 0 Å². The van der Waals surface area contributed by atoms with Crippen LogP contribution >= 0.6 is 12.2 Å². The SMILES string of the molecule is COC(=O)CCCC(C)=S. The predicted molar refractivity (Wildman–Crippen MR) is 44.1 cm³/mol. The average Bonchev–Trinajstić information content (AvgIpc) is 1.87. The number of methoxy groups -OCH3 is 1. The van der Waals surface area contributed by atoms with Crippen molar-refractivity contribution in [2.24, 2.45) is 0 Å². The Bertz CT molecular complexity index is 132. The van der Waals surface area contributed by atoms with Crippen LogP contribution in [0.25, 0.3) is 0 Å². The summed E-state index contributed by atoms with van der Waals surface area (Å²) < 4.78 is 4.45. The lowest BCUT2D eigenvalue weighted by atomic mass is 10.2. The summed E-state index contributed by atoms with van der Waals surface area (Å²) in [6.07, 6.45) is 2.12. The van der Waals surface area contributed by atoms with Crippen LogP contribution in [-0.4, -0.2) is 17.9 Å². The van der Waals surface area contributed by atoms with Crippen molar-refractivity contribution in [2.75, 3.05) is 7.11 Å². The molecule has 0 radical (unpaired) electrons. The third-order valence-corrected chi connectivity index (χ3v) is 1.34. The Labute approximate surface area is 66.6 Å². The first-order valence-corrected chi connectivity index (χ1v) is 3.64. The molecule has 0 bridgehead atoms. The number of carbonyl (C=O) groups is 1. The molecule has 0 aliphatic rings. The van der Waals surface area contributed by atoms with Crippen molar-refractivity contribution in [1.29, 1.82) is 0 Å². The van der Waals surface area contributed by atoms with Gasteiger partial charge < -0.3 is 4.74 Å². The summed E-state index contributed by atoms with van der Waals surface area (Å²) >= 11 is 4.83. The van der Waals surface area contributed by atoms with Crippen LogP contribution in [0.5, 0.6) is 0 Å². The van der Waals surface area contributed by atoms with E-state index >= 15 is 0 Å². The minimum atomic E-state index is -0.156. The highest BCUT2D eigenvalue weighted by Crippen LogP contribution is 1.98. The van der Waals surface area contributed by atoms with Crippen molar-refractivity contribution < 1.29 is 9.53 Å². The standard InChI is InChI=1S/C7H12O2S/c1-6(10)4-3-5-7(8)9-2/h3-5H2,1-2H3. The Kier molecular flexibility index (Phi) is 5.12. The molecule has 0 aromatic rings. The topological polar surface area (TPSA) is 26.3 Å². The average molecular weight is 160 g/mol. The molecule has 0 aromatic carbocycles. The Morgan fingerprint density at radius 2 is 2.10 bits per heavy atom. The van der Waals surface area contributed by atoms with Gasteiger partial charge in [-0.3, -0.25) is 4.79 Å². The first kappa shape index (κ1) is 9.56. The summed E-state index contributed by atoms with van der Waals surface area (Å²) in [5.41, 5.74) is 0. The van der Waals surface area contributed by atoms with Gasteiger partial charge in [0, 0.05) is 6.42 Å². The van der Waals surface area contributed by atoms with Crippen LogP contribution in [0, 0.1) is 0 Å². The first-order chi connectivity index (χ1) is 4.66. The minimum Gasteiger partial charge on any atom is -0.469 e. The third-order valence-electron chi connectivity index (χ3n) is 1.14. The molecule has 0 fully saturated rings. The molecule has 58 valence electrons. The molecule has 0 heterocycles. The summed E-state index contributed by atoms with van der Waals surface area (Å²) in [6, 6.07) is 0. The van der Waals surface area contributed by atoms with E-state index in [1.165, 1.54) is 7.11 Å². The lowest BCUT2D eigenvalue weighted by Gasteiger charge is -1.96. The maximum atomic E-state index is 10.5. The Morgan fingerprint density at radius 1 is 1.50 bits per heavy atom. The molecule has 2 nitrogen and oxygen atoms in total. The molecular formula is C7H12O2S. The zero-order chi connectivity index (χ0) is 7.98. The van der Waals surface area contributed by atoms with Crippen molar-refractivity contribution in [1.82, 2.24) is 0 Å². The van der Waals surface area contributed by atoms with Gasteiger partial charge >= 0.3 is 5.97 Å². The minimum absolute atomic E-state index is 0.156. The Hall–Kier alpha value is -0.440. The van der Waals surface area contributed by atoms with Crippen LogP contribution < -0.4 is 0 Å². The molecule has 0 aliphatic heterocycles. The van der Waals surface area contributed by atoms with Gasteiger partial charge in [0.2, 0.25) is 0 Å². The highest BCUT2D eigenvalue weighted by Gasteiger charge is 1.98. The molecule has 0 amide bonds. The zero-order valence-electron chi connectivity index (χ0n) is 6.35. The molecule has 10 heavy (non-hydrogen) atoms. The number of ether oxygens (including phenoxy) is 1. The quantitative estimate of drug-likeness (QED) is 0.462. The van der Waals surface area contributed by atoms with Gasteiger partial charge in [-0.2, -0.15) is 0 Å². The molecule has 0 spiro atoms. The summed E-state index contributed by atoms with van der Waals surface area (Å²) in [5, 5.41) is 0. The fourth-order valence-electron chi connectivity index (χ4n) is 0.584. The lowest BCUT2D eigenvalue weighted by Crippen LogP contribution is -2.00. The van der Waals surface area contributed by atoms with E-state index in [-0.39, 0.29) is 5.97 Å². The van der Waals surface area contributed by atoms with Gasteiger partial charge in [0.05, 0.1) is 7.11 Å². The number of hydrogen-bond donors (Lipinski definition) is 0. The summed E-state index contributed by atoms with van der Waals surface area (Å²) in [4.78, 5) is 11.5. The molecule has 0 N–H and O–H groups in total. The van der Waals surface area contributed by atoms with E-state index < -0.39 is 0 Å². The molecule has 0 aromatic heterocycles. The number of carbonyl (C=O) groups excluding carboxylic acids is 1. The smallest absolute Gasteiger partial charge is 0.305 e. The highest BCUT2D eigenvalue weighted by molar-refractivity contribution is 7.80. The van der Waals surface area contributed by atoms with Crippen molar-refractivity contribution >= 4 is 23.1 Å². The summed E-state index contributed by atoms with van der Waals surface area (Å²) in [7, 11) is 1.40. The van der Waals surface area contributed by atoms with Crippen LogP contribution in [0.15, 0.2) is 0 Å². The fraction of sp³-hybridized carbons (Fsp3) is 0.714. The molecular weight excluding hydrogens is 148 g/mol. The van der Waals surface area contributed by atoms with E-state index in [1.807, 2.05) is 6.92 Å². The Morgan fingerprint density at radius 3 is 2.50 bits per heavy atom. The summed E-state index contributed by atoms with van der Waals surface area (Å²) in [6.45, 7) is 1.88. The molecule has 3 heteroatoms. The molecule has 0 aliphatic carbocycles. The van der Waals surface area contributed by atoms with Gasteiger partial charge in [-0.15, -0.1) is 0 Å². The van der Waals surface area contributed by atoms with Gasteiger partial charge in [-0.25, -0.2) is 0 Å². The van der Waals surface area contributed by atoms with E-state index in [0.717, 1.165) is 17.7 Å². The third kappa shape index (κ3) is 5.69. The largest absolute Gasteiger partial charge is 0.469 e. The normalized spacial score (nSPS) is 9.00. The predicted octanol–water partition coefficient (Wildman–Crippen LogP) is 1.72. The maximum Gasteiger partial charge on any atom is 0.305 e. The van der Waals surface area contributed by atoms with Crippen molar-refractivity contribution in [2.45, 2.75) is 26.2 Å². The second-order valence-electron chi connectivity index (χ2n) is 2.13. The van der Waals surface area contributed by atoms with Crippen molar-refractivity contribution in [3.05, 3.63) is 0 Å². The van der Waals surface area contributed by atoms with Crippen LogP contribution in [0.3, 0.4) is 0 Å². The molecule has 0 rings (SSSR count).